The second-order valence-corrected chi connectivity index (χ2v) is 10.3. The second kappa shape index (κ2) is 9.62. The average molecular weight is 473 g/mol. The molecule has 3 aliphatic rings. The normalized spacial score (nSPS) is 28.4. The lowest BCUT2D eigenvalue weighted by Crippen LogP contribution is -2.45. The fourth-order valence-corrected chi connectivity index (χ4v) is 6.50. The lowest BCUT2D eigenvalue weighted by atomic mass is 9.78. The van der Waals surface area contributed by atoms with Crippen molar-refractivity contribution in [3.63, 3.8) is 0 Å². The van der Waals surface area contributed by atoms with E-state index in [1.165, 1.54) is 12.1 Å². The first-order chi connectivity index (χ1) is 16.4. The van der Waals surface area contributed by atoms with Gasteiger partial charge in [-0.1, -0.05) is 5.16 Å². The molecule has 5 atom stereocenters. The first-order valence-corrected chi connectivity index (χ1v) is 12.4. The van der Waals surface area contributed by atoms with Crippen molar-refractivity contribution in [3.8, 4) is 0 Å². The van der Waals surface area contributed by atoms with Gasteiger partial charge in [0.05, 0.1) is 23.6 Å². The number of likely N-dealkylation sites (tertiary alicyclic amines) is 1. The van der Waals surface area contributed by atoms with E-state index in [4.69, 9.17) is 10.3 Å². The van der Waals surface area contributed by atoms with Crippen molar-refractivity contribution in [1.29, 1.82) is 0 Å². The topological polar surface area (TPSA) is 122 Å². The van der Waals surface area contributed by atoms with E-state index in [1.54, 1.807) is 6.07 Å². The molecule has 1 aromatic carbocycles. The molecule has 8 nitrogen and oxygen atoms in total. The molecule has 2 aromatic rings. The third-order valence-corrected chi connectivity index (χ3v) is 8.27. The molecule has 1 saturated heterocycles. The number of aliphatic hydroxyl groups excluding tert-OH is 1. The Morgan fingerprint density at radius 1 is 1.21 bits per heavy atom. The number of hydrogen-bond donors (Lipinski definition) is 3. The van der Waals surface area contributed by atoms with Crippen LogP contribution in [0.25, 0.3) is 11.0 Å². The van der Waals surface area contributed by atoms with Gasteiger partial charge >= 0.3 is 0 Å². The number of rotatable bonds is 8. The number of amides is 2. The number of nitrogens with two attached hydrogens (primary N) is 1. The molecule has 2 amide bonds. The Hall–Kier alpha value is -2.52. The number of nitrogens with zero attached hydrogens (tertiary/aromatic N) is 2. The van der Waals surface area contributed by atoms with Crippen molar-refractivity contribution in [1.82, 2.24) is 15.4 Å². The van der Waals surface area contributed by atoms with E-state index in [9.17, 15) is 19.1 Å². The van der Waals surface area contributed by atoms with E-state index in [0.29, 0.717) is 12.0 Å². The predicted molar refractivity (Wildman–Crippen MR) is 123 cm³/mol. The number of piperidine rings is 1. The molecule has 184 valence electrons. The summed E-state index contributed by atoms with van der Waals surface area (Å²) in [6.07, 6.45) is 4.63. The van der Waals surface area contributed by atoms with Gasteiger partial charge in [0, 0.05) is 30.5 Å². The first-order valence-electron chi connectivity index (χ1n) is 12.4. The smallest absolute Gasteiger partial charge is 0.224 e. The monoisotopic (exact) mass is 472 g/mol. The van der Waals surface area contributed by atoms with E-state index < -0.39 is 6.10 Å². The molecule has 1 aromatic heterocycles. The Balaban J connectivity index is 1.05. The van der Waals surface area contributed by atoms with Gasteiger partial charge in [0.25, 0.3) is 0 Å². The summed E-state index contributed by atoms with van der Waals surface area (Å²) in [6.45, 7) is 2.69. The van der Waals surface area contributed by atoms with Crippen molar-refractivity contribution in [2.45, 2.75) is 50.5 Å². The van der Waals surface area contributed by atoms with Gasteiger partial charge in [-0.25, -0.2) is 4.39 Å². The second-order valence-electron chi connectivity index (χ2n) is 10.3. The zero-order chi connectivity index (χ0) is 23.8. The molecule has 0 radical (unpaired) electrons. The van der Waals surface area contributed by atoms with Crippen LogP contribution in [0.3, 0.4) is 0 Å². The first kappa shape index (κ1) is 23.2. The molecule has 1 aliphatic heterocycles. The van der Waals surface area contributed by atoms with Gasteiger partial charge in [0.1, 0.15) is 5.82 Å². The van der Waals surface area contributed by atoms with Gasteiger partial charge < -0.3 is 25.6 Å². The Morgan fingerprint density at radius 2 is 1.94 bits per heavy atom. The highest BCUT2D eigenvalue weighted by Gasteiger charge is 2.53. The fourth-order valence-electron chi connectivity index (χ4n) is 6.50. The lowest BCUT2D eigenvalue weighted by molar-refractivity contribution is -0.135. The molecule has 34 heavy (non-hydrogen) atoms. The van der Waals surface area contributed by atoms with E-state index in [2.05, 4.69) is 15.4 Å². The summed E-state index contributed by atoms with van der Waals surface area (Å²) in [4.78, 5) is 26.9. The van der Waals surface area contributed by atoms with Crippen LogP contribution < -0.4 is 11.1 Å². The molecule has 9 heteroatoms. The molecule has 5 unspecified atom stereocenters. The molecule has 2 saturated carbocycles. The molecule has 0 spiro atoms. The van der Waals surface area contributed by atoms with Gasteiger partial charge in [-0.05, 0) is 75.6 Å². The summed E-state index contributed by atoms with van der Waals surface area (Å²) in [5.41, 5.74) is 6.95. The number of benzene rings is 1. The number of carbonyl (C=O) groups is 2. The number of nitrogens with one attached hydrogen (secondary N) is 1. The summed E-state index contributed by atoms with van der Waals surface area (Å²) in [7, 11) is 0. The van der Waals surface area contributed by atoms with E-state index >= 15 is 0 Å². The van der Waals surface area contributed by atoms with Gasteiger partial charge in [0.2, 0.25) is 11.8 Å². The van der Waals surface area contributed by atoms with Crippen LogP contribution in [0, 0.1) is 29.5 Å². The van der Waals surface area contributed by atoms with Crippen LogP contribution in [0.1, 0.15) is 50.1 Å². The quantitative estimate of drug-likeness (QED) is 0.541. The number of aromatic nitrogens is 1. The SMILES string of the molecule is NC(=O)C1C2CCC(C2)C1C(=O)NCC(O)CCN1CCC(c2noc3cc(F)ccc23)CC1. The van der Waals surface area contributed by atoms with Gasteiger partial charge in [-0.2, -0.15) is 0 Å². The van der Waals surface area contributed by atoms with Crippen LogP contribution in [0.5, 0.6) is 0 Å². The van der Waals surface area contributed by atoms with Crippen LogP contribution >= 0.6 is 0 Å². The Labute approximate surface area is 198 Å². The Kier molecular flexibility index (Phi) is 6.57. The maximum absolute atomic E-state index is 13.4. The van der Waals surface area contributed by atoms with Crippen LogP contribution in [-0.2, 0) is 9.59 Å². The van der Waals surface area contributed by atoms with Gasteiger partial charge in [0.15, 0.2) is 5.58 Å². The third-order valence-electron chi connectivity index (χ3n) is 8.27. The molecular weight excluding hydrogens is 439 g/mol. The maximum atomic E-state index is 13.4. The fraction of sp³-hybridized carbons (Fsp3) is 0.640. The van der Waals surface area contributed by atoms with Crippen molar-refractivity contribution >= 4 is 22.8 Å². The highest BCUT2D eigenvalue weighted by atomic mass is 19.1. The molecular formula is C25H33FN4O4. The van der Waals surface area contributed by atoms with Gasteiger partial charge in [-0.3, -0.25) is 9.59 Å². The Morgan fingerprint density at radius 3 is 2.68 bits per heavy atom. The molecule has 2 aliphatic carbocycles. The largest absolute Gasteiger partial charge is 0.391 e. The summed E-state index contributed by atoms with van der Waals surface area (Å²) < 4.78 is 18.7. The highest BCUT2D eigenvalue weighted by molar-refractivity contribution is 5.88. The minimum absolute atomic E-state index is 0.143. The van der Waals surface area contributed by atoms with E-state index in [0.717, 1.165) is 62.8 Å². The minimum atomic E-state index is -0.637. The zero-order valence-corrected chi connectivity index (χ0v) is 19.3. The number of carbonyl (C=O) groups excluding carboxylic acids is 2. The highest BCUT2D eigenvalue weighted by Crippen LogP contribution is 2.52. The lowest BCUT2D eigenvalue weighted by Gasteiger charge is -2.32. The minimum Gasteiger partial charge on any atom is -0.391 e. The van der Waals surface area contributed by atoms with Crippen molar-refractivity contribution < 1.29 is 23.6 Å². The molecule has 2 heterocycles. The number of halogens is 1. The van der Waals surface area contributed by atoms with Crippen LogP contribution in [0.15, 0.2) is 22.7 Å². The zero-order valence-electron chi connectivity index (χ0n) is 19.3. The van der Waals surface area contributed by atoms with Crippen LogP contribution in [-0.4, -0.2) is 59.3 Å². The molecule has 2 bridgehead atoms. The molecule has 3 fully saturated rings. The van der Waals surface area contributed by atoms with Crippen LogP contribution in [0.2, 0.25) is 0 Å². The van der Waals surface area contributed by atoms with E-state index in [1.807, 2.05) is 0 Å². The van der Waals surface area contributed by atoms with Gasteiger partial charge in [-0.15, -0.1) is 0 Å². The van der Waals surface area contributed by atoms with Crippen molar-refractivity contribution in [2.75, 3.05) is 26.2 Å². The van der Waals surface area contributed by atoms with E-state index in [-0.39, 0.29) is 53.8 Å². The average Bonchev–Trinajstić information content (AvgIpc) is 3.55. The maximum Gasteiger partial charge on any atom is 0.224 e. The molecule has 5 rings (SSSR count). The summed E-state index contributed by atoms with van der Waals surface area (Å²) in [5.74, 6) is -0.804. The number of hydrogen-bond acceptors (Lipinski definition) is 6. The standard InChI is InChI=1S/C25H33FN4O4/c26-17-3-4-19-20(12-17)34-29-23(19)14-5-8-30(9-6-14)10-7-18(31)13-28-25(33)22-16-2-1-15(11-16)21(22)24(27)32/h3-4,12,14-16,18,21-22,31H,1-2,5-11,13H2,(H2,27,32)(H,28,33). The number of fused-ring (bicyclic) bond motifs is 3. The van der Waals surface area contributed by atoms with Crippen LogP contribution in [0.4, 0.5) is 4.39 Å². The number of primary amides is 1. The third kappa shape index (κ3) is 4.55. The summed E-state index contributed by atoms with van der Waals surface area (Å²) >= 11 is 0. The summed E-state index contributed by atoms with van der Waals surface area (Å²) in [6, 6.07) is 4.53. The molecule has 4 N–H and O–H groups in total. The Bertz CT molecular complexity index is 1050. The summed E-state index contributed by atoms with van der Waals surface area (Å²) in [5, 5.41) is 18.4. The predicted octanol–water partition coefficient (Wildman–Crippen LogP) is 2.16. The van der Waals surface area contributed by atoms with Crippen molar-refractivity contribution in [3.05, 3.63) is 29.7 Å². The van der Waals surface area contributed by atoms with Crippen molar-refractivity contribution in [2.24, 2.45) is 29.4 Å². The number of aliphatic hydroxyl groups is 1.